The summed E-state index contributed by atoms with van der Waals surface area (Å²) in [4.78, 5) is 0. The normalized spacial score (nSPS) is 10.0. The Labute approximate surface area is 66.8 Å². The molecule has 4 nitrogen and oxygen atoms in total. The van der Waals surface area contributed by atoms with E-state index in [2.05, 4.69) is 45.0 Å². The fraction of sp³-hybridized carbons (Fsp3) is 0.750. The number of rotatable bonds is 2. The molecule has 0 fully saturated rings. The van der Waals surface area contributed by atoms with Crippen molar-refractivity contribution in [2.24, 2.45) is 0 Å². The molecule has 1 aromatic heterocycles. The maximum absolute atomic E-state index is 3.75. The first-order chi connectivity index (χ1) is 4.34. The lowest BCUT2D eigenvalue weighted by atomic mass is 10.5. The Morgan fingerprint density at radius 2 is 2.44 bits per heavy atom. The molecule has 0 saturated carbocycles. The molecule has 0 saturated heterocycles. The third-order valence-electron chi connectivity index (χ3n) is 0.924. The van der Waals surface area contributed by atoms with E-state index in [9.17, 15) is 0 Å². The van der Waals surface area contributed by atoms with Crippen LogP contribution in [0.5, 0.6) is 0 Å². The van der Waals surface area contributed by atoms with E-state index in [1.165, 1.54) is 0 Å². The second kappa shape index (κ2) is 3.09. The Balaban J connectivity index is 2.69. The molecular weight excluding hydrogens is 231 g/mol. The molecule has 0 aliphatic rings. The Kier molecular flexibility index (Phi) is 2.38. The first-order valence-corrected chi connectivity index (χ1v) is 3.84. The summed E-state index contributed by atoms with van der Waals surface area (Å²) in [6.45, 7) is 3.00. The Morgan fingerprint density at radius 1 is 1.67 bits per heavy atom. The summed E-state index contributed by atoms with van der Waals surface area (Å²) >= 11 is 2.11. The molecule has 0 radical (unpaired) electrons. The van der Waals surface area contributed by atoms with E-state index in [1.54, 1.807) is 4.68 Å². The zero-order valence-corrected chi connectivity index (χ0v) is 7.24. The molecule has 0 N–H and O–H groups in total. The highest BCUT2D eigenvalue weighted by molar-refractivity contribution is 14.1. The van der Waals surface area contributed by atoms with Crippen molar-refractivity contribution in [3.63, 3.8) is 0 Å². The summed E-state index contributed by atoms with van der Waals surface area (Å²) in [6, 6.07) is 0. The van der Waals surface area contributed by atoms with Crippen molar-refractivity contribution in [3.05, 3.63) is 3.83 Å². The highest BCUT2D eigenvalue weighted by Crippen LogP contribution is 1.96. The van der Waals surface area contributed by atoms with Crippen molar-refractivity contribution in [1.29, 1.82) is 0 Å². The second-order valence-corrected chi connectivity index (χ2v) is 2.64. The Morgan fingerprint density at radius 3 is 2.89 bits per heavy atom. The van der Waals surface area contributed by atoms with Gasteiger partial charge < -0.3 is 0 Å². The summed E-state index contributed by atoms with van der Waals surface area (Å²) in [5.74, 6) is 0. The van der Waals surface area contributed by atoms with Gasteiger partial charge in [0.1, 0.15) is 0 Å². The van der Waals surface area contributed by atoms with Gasteiger partial charge in [0.15, 0.2) is 0 Å². The predicted molar refractivity (Wildman–Crippen MR) is 40.8 cm³/mol. The van der Waals surface area contributed by atoms with E-state index in [0.717, 1.165) is 16.8 Å². The highest BCUT2D eigenvalue weighted by atomic mass is 127. The molecule has 0 bridgehead atoms. The van der Waals surface area contributed by atoms with E-state index >= 15 is 0 Å². The van der Waals surface area contributed by atoms with Crippen LogP contribution in [0.1, 0.15) is 13.3 Å². The van der Waals surface area contributed by atoms with Crippen molar-refractivity contribution >= 4 is 22.6 Å². The van der Waals surface area contributed by atoms with Crippen LogP contribution in [-0.2, 0) is 6.54 Å². The van der Waals surface area contributed by atoms with Crippen LogP contribution in [-0.4, -0.2) is 20.2 Å². The monoisotopic (exact) mass is 238 g/mol. The van der Waals surface area contributed by atoms with Crippen molar-refractivity contribution in [3.8, 4) is 0 Å². The van der Waals surface area contributed by atoms with Crippen LogP contribution in [0.15, 0.2) is 0 Å². The van der Waals surface area contributed by atoms with E-state index in [1.807, 2.05) is 0 Å². The van der Waals surface area contributed by atoms with Crippen LogP contribution in [0.4, 0.5) is 0 Å². The second-order valence-electron chi connectivity index (χ2n) is 1.67. The van der Waals surface area contributed by atoms with Gasteiger partial charge in [-0.15, -0.1) is 5.10 Å². The van der Waals surface area contributed by atoms with Crippen LogP contribution in [0.3, 0.4) is 0 Å². The number of aromatic nitrogens is 4. The average molecular weight is 238 g/mol. The molecule has 1 heterocycles. The molecule has 0 spiro atoms. The van der Waals surface area contributed by atoms with Gasteiger partial charge in [0.2, 0.25) is 3.83 Å². The molecule has 50 valence electrons. The maximum atomic E-state index is 3.75. The minimum Gasteiger partial charge on any atom is -0.221 e. The lowest BCUT2D eigenvalue weighted by molar-refractivity contribution is 0.568. The maximum Gasteiger partial charge on any atom is 0.212 e. The van der Waals surface area contributed by atoms with E-state index in [0.29, 0.717) is 0 Å². The number of tetrazole rings is 1. The first kappa shape index (κ1) is 6.91. The van der Waals surface area contributed by atoms with Gasteiger partial charge in [-0.25, -0.2) is 4.68 Å². The van der Waals surface area contributed by atoms with Gasteiger partial charge in [0.05, 0.1) is 0 Å². The Bertz CT molecular complexity index is 184. The fourth-order valence-electron chi connectivity index (χ4n) is 0.542. The number of aryl methyl sites for hydroxylation is 1. The van der Waals surface area contributed by atoms with Crippen LogP contribution < -0.4 is 0 Å². The summed E-state index contributed by atoms with van der Waals surface area (Å²) in [7, 11) is 0. The van der Waals surface area contributed by atoms with Gasteiger partial charge >= 0.3 is 0 Å². The van der Waals surface area contributed by atoms with Gasteiger partial charge in [-0.1, -0.05) is 6.92 Å². The molecule has 1 aromatic rings. The van der Waals surface area contributed by atoms with Gasteiger partial charge in [-0.05, 0) is 16.8 Å². The summed E-state index contributed by atoms with van der Waals surface area (Å²) < 4.78 is 2.63. The van der Waals surface area contributed by atoms with E-state index < -0.39 is 0 Å². The number of halogens is 1. The zero-order chi connectivity index (χ0) is 6.69. The van der Waals surface area contributed by atoms with Crippen LogP contribution in [0.2, 0.25) is 0 Å². The van der Waals surface area contributed by atoms with Gasteiger partial charge in [0.25, 0.3) is 0 Å². The number of hydrogen-bond donors (Lipinski definition) is 0. The molecule has 0 amide bonds. The molecule has 0 aromatic carbocycles. The molecule has 9 heavy (non-hydrogen) atoms. The molecule has 0 aliphatic carbocycles. The largest absolute Gasteiger partial charge is 0.221 e. The predicted octanol–water partition coefficient (Wildman–Crippen LogP) is 0.688. The third-order valence-corrected chi connectivity index (χ3v) is 1.70. The van der Waals surface area contributed by atoms with E-state index in [4.69, 9.17) is 0 Å². The minimum absolute atomic E-state index is 0.856. The smallest absolute Gasteiger partial charge is 0.212 e. The van der Waals surface area contributed by atoms with Gasteiger partial charge in [0, 0.05) is 29.1 Å². The highest BCUT2D eigenvalue weighted by Gasteiger charge is 1.96. The van der Waals surface area contributed by atoms with Crippen molar-refractivity contribution in [2.75, 3.05) is 0 Å². The summed E-state index contributed by atoms with van der Waals surface area (Å²) in [5, 5.41) is 11.0. The summed E-state index contributed by atoms with van der Waals surface area (Å²) in [5.41, 5.74) is 0. The summed E-state index contributed by atoms with van der Waals surface area (Å²) in [6.07, 6.45) is 1.07. The lowest BCUT2D eigenvalue weighted by Crippen LogP contribution is -2.01. The average Bonchev–Trinajstić information content (AvgIpc) is 2.18. The van der Waals surface area contributed by atoms with Crippen LogP contribution in [0, 0.1) is 3.83 Å². The standard InChI is InChI=1S/C4H7IN4/c1-2-3-9-4(5)6-7-8-9/h2-3H2,1H3. The number of nitrogens with zero attached hydrogens (tertiary/aromatic N) is 4. The molecular formula is C4H7IN4. The minimum atomic E-state index is 0.856. The molecule has 5 heteroatoms. The molecule has 0 unspecified atom stereocenters. The van der Waals surface area contributed by atoms with Crippen LogP contribution >= 0.6 is 22.6 Å². The fourth-order valence-corrected chi connectivity index (χ4v) is 0.977. The zero-order valence-electron chi connectivity index (χ0n) is 5.08. The molecule has 1 rings (SSSR count). The quantitative estimate of drug-likeness (QED) is 0.712. The van der Waals surface area contributed by atoms with Gasteiger partial charge in [-0.3, -0.25) is 0 Å². The van der Waals surface area contributed by atoms with Gasteiger partial charge in [-0.2, -0.15) is 0 Å². The molecule has 0 atom stereocenters. The SMILES string of the molecule is CCCn1nnnc1I. The Hall–Kier alpha value is -0.200. The van der Waals surface area contributed by atoms with Crippen LogP contribution in [0.25, 0.3) is 0 Å². The number of hydrogen-bond acceptors (Lipinski definition) is 3. The molecule has 0 aliphatic heterocycles. The van der Waals surface area contributed by atoms with E-state index in [-0.39, 0.29) is 0 Å². The third kappa shape index (κ3) is 1.60. The van der Waals surface area contributed by atoms with Crippen molar-refractivity contribution in [1.82, 2.24) is 20.2 Å². The topological polar surface area (TPSA) is 43.6 Å². The lowest BCUT2D eigenvalue weighted by Gasteiger charge is -1.93. The first-order valence-electron chi connectivity index (χ1n) is 2.76. The van der Waals surface area contributed by atoms with Crippen molar-refractivity contribution in [2.45, 2.75) is 19.9 Å². The van der Waals surface area contributed by atoms with Crippen molar-refractivity contribution < 1.29 is 0 Å².